The van der Waals surface area contributed by atoms with Gasteiger partial charge in [0.15, 0.2) is 0 Å². The zero-order valence-electron chi connectivity index (χ0n) is 6.88. The van der Waals surface area contributed by atoms with E-state index in [1.165, 1.54) is 0 Å². The van der Waals surface area contributed by atoms with Crippen LogP contribution >= 0.6 is 7.60 Å². The van der Waals surface area contributed by atoms with Crippen LogP contribution in [0, 0.1) is 0 Å². The fourth-order valence-corrected chi connectivity index (χ4v) is 1.13. The van der Waals surface area contributed by atoms with Crippen molar-refractivity contribution in [1.82, 2.24) is 0 Å². The van der Waals surface area contributed by atoms with Crippen LogP contribution in [0.3, 0.4) is 0 Å². The molecule has 0 radical (unpaired) electrons. The highest BCUT2D eigenvalue weighted by Crippen LogP contribution is 2.34. The Morgan fingerprint density at radius 3 is 2.69 bits per heavy atom. The molecule has 0 amide bonds. The third kappa shape index (κ3) is 5.76. The van der Waals surface area contributed by atoms with E-state index in [0.717, 1.165) is 0 Å². The van der Waals surface area contributed by atoms with Gasteiger partial charge in [0.1, 0.15) is 12.7 Å². The summed E-state index contributed by atoms with van der Waals surface area (Å²) in [5.41, 5.74) is 0. The summed E-state index contributed by atoms with van der Waals surface area (Å²) in [4.78, 5) is 27.7. The molecule has 0 bridgehead atoms. The average Bonchev–Trinajstić information content (AvgIpc) is 2.78. The van der Waals surface area contributed by atoms with Crippen LogP contribution in [-0.4, -0.2) is 41.2 Å². The average molecular weight is 210 g/mol. The minimum absolute atomic E-state index is 0.0148. The number of epoxide rings is 1. The predicted molar refractivity (Wildman–Crippen MR) is 42.2 cm³/mol. The van der Waals surface area contributed by atoms with Crippen molar-refractivity contribution in [3.8, 4) is 0 Å². The molecule has 1 saturated heterocycles. The molecule has 0 aromatic heterocycles. The number of hydrogen-bond acceptors (Lipinski definition) is 4. The Balaban J connectivity index is 2.06. The first-order valence-corrected chi connectivity index (χ1v) is 5.59. The first-order valence-electron chi connectivity index (χ1n) is 3.79. The predicted octanol–water partition coefficient (Wildman–Crippen LogP) is -0.504. The molecule has 1 heterocycles. The zero-order valence-corrected chi connectivity index (χ0v) is 7.77. The molecule has 1 rings (SSSR count). The van der Waals surface area contributed by atoms with Crippen LogP contribution in [-0.2, 0) is 18.8 Å². The Labute approximate surface area is 75.0 Å². The smallest absolute Gasteiger partial charge is 0.326 e. The van der Waals surface area contributed by atoms with Crippen LogP contribution in [0.25, 0.3) is 0 Å². The van der Waals surface area contributed by atoms with Gasteiger partial charge in [0, 0.05) is 0 Å². The van der Waals surface area contributed by atoms with Crippen LogP contribution in [0.2, 0.25) is 0 Å². The van der Waals surface area contributed by atoms with Crippen LogP contribution in [0.5, 0.6) is 0 Å². The molecule has 1 aliphatic rings. The van der Waals surface area contributed by atoms with E-state index in [0.29, 0.717) is 6.61 Å². The Hall–Kier alpha value is -0.420. The molecule has 6 nitrogen and oxygen atoms in total. The molecule has 0 spiro atoms. The van der Waals surface area contributed by atoms with E-state index in [9.17, 15) is 9.36 Å². The second-order valence-corrected chi connectivity index (χ2v) is 4.55. The molecule has 76 valence electrons. The quantitative estimate of drug-likeness (QED) is 0.360. The SMILES string of the molecule is O=C(CCP(=O)(O)O)OCC1CO1. The van der Waals surface area contributed by atoms with Crippen molar-refractivity contribution in [3.63, 3.8) is 0 Å². The van der Waals surface area contributed by atoms with Crippen molar-refractivity contribution >= 4 is 13.6 Å². The summed E-state index contributed by atoms with van der Waals surface area (Å²) in [5, 5.41) is 0. The van der Waals surface area contributed by atoms with E-state index in [4.69, 9.17) is 14.5 Å². The summed E-state index contributed by atoms with van der Waals surface area (Å²) in [7, 11) is -4.08. The van der Waals surface area contributed by atoms with Gasteiger partial charge in [-0.3, -0.25) is 9.36 Å². The van der Waals surface area contributed by atoms with Crippen LogP contribution in [0.1, 0.15) is 6.42 Å². The molecular formula is C6H11O6P. The third-order valence-corrected chi connectivity index (χ3v) is 2.25. The van der Waals surface area contributed by atoms with E-state index in [1.807, 2.05) is 0 Å². The van der Waals surface area contributed by atoms with Gasteiger partial charge < -0.3 is 19.3 Å². The Morgan fingerprint density at radius 1 is 1.62 bits per heavy atom. The summed E-state index contributed by atoms with van der Waals surface area (Å²) < 4.78 is 19.8. The van der Waals surface area contributed by atoms with Crippen molar-refractivity contribution < 1.29 is 28.6 Å². The van der Waals surface area contributed by atoms with Gasteiger partial charge in [-0.2, -0.15) is 0 Å². The van der Waals surface area contributed by atoms with Crippen LogP contribution in [0.15, 0.2) is 0 Å². The normalized spacial score (nSPS) is 21.2. The van der Waals surface area contributed by atoms with Gasteiger partial charge in [-0.1, -0.05) is 0 Å². The van der Waals surface area contributed by atoms with E-state index < -0.39 is 19.7 Å². The van der Waals surface area contributed by atoms with Gasteiger partial charge in [0.25, 0.3) is 0 Å². The van der Waals surface area contributed by atoms with E-state index in [2.05, 4.69) is 4.74 Å². The topological polar surface area (TPSA) is 96.4 Å². The second kappa shape index (κ2) is 4.19. The van der Waals surface area contributed by atoms with Crippen LogP contribution in [0.4, 0.5) is 0 Å². The number of hydrogen-bond donors (Lipinski definition) is 2. The van der Waals surface area contributed by atoms with Crippen molar-refractivity contribution in [1.29, 1.82) is 0 Å². The lowest BCUT2D eigenvalue weighted by atomic mass is 10.5. The molecule has 1 atom stereocenters. The minimum atomic E-state index is -4.08. The van der Waals surface area contributed by atoms with Crippen molar-refractivity contribution in [2.24, 2.45) is 0 Å². The number of carbonyl (C=O) groups excluding carboxylic acids is 1. The lowest BCUT2D eigenvalue weighted by Gasteiger charge is -2.03. The molecule has 13 heavy (non-hydrogen) atoms. The zero-order chi connectivity index (χ0) is 9.90. The van der Waals surface area contributed by atoms with Gasteiger partial charge >= 0.3 is 13.6 Å². The highest BCUT2D eigenvalue weighted by Gasteiger charge is 2.24. The van der Waals surface area contributed by atoms with Crippen molar-refractivity contribution in [2.45, 2.75) is 12.5 Å². The molecular weight excluding hydrogens is 199 g/mol. The molecule has 0 aromatic carbocycles. The van der Waals surface area contributed by atoms with E-state index >= 15 is 0 Å². The lowest BCUT2D eigenvalue weighted by molar-refractivity contribution is -0.143. The Kier molecular flexibility index (Phi) is 3.44. The summed E-state index contributed by atoms with van der Waals surface area (Å²) in [6.45, 7) is 0.770. The Bertz CT molecular complexity index is 229. The summed E-state index contributed by atoms with van der Waals surface area (Å²) >= 11 is 0. The van der Waals surface area contributed by atoms with Crippen molar-refractivity contribution in [2.75, 3.05) is 19.4 Å². The van der Waals surface area contributed by atoms with Gasteiger partial charge in [-0.25, -0.2) is 0 Å². The van der Waals surface area contributed by atoms with E-state index in [1.54, 1.807) is 0 Å². The molecule has 2 N–H and O–H groups in total. The standard InChI is InChI=1S/C6H11O6P/c7-6(1-2-13(8,9)10)12-4-5-3-11-5/h5H,1-4H2,(H2,8,9,10). The molecule has 7 heteroatoms. The van der Waals surface area contributed by atoms with Crippen molar-refractivity contribution in [3.05, 3.63) is 0 Å². The number of esters is 1. The van der Waals surface area contributed by atoms with Gasteiger partial charge in [-0.05, 0) is 0 Å². The molecule has 1 fully saturated rings. The summed E-state index contributed by atoms with van der Waals surface area (Å²) in [6, 6.07) is 0. The second-order valence-electron chi connectivity index (χ2n) is 2.78. The molecule has 0 saturated carbocycles. The highest BCUT2D eigenvalue weighted by molar-refractivity contribution is 7.51. The van der Waals surface area contributed by atoms with E-state index in [-0.39, 0.29) is 19.1 Å². The fraction of sp³-hybridized carbons (Fsp3) is 0.833. The molecule has 0 aliphatic carbocycles. The lowest BCUT2D eigenvalue weighted by Crippen LogP contribution is -2.11. The largest absolute Gasteiger partial charge is 0.463 e. The minimum Gasteiger partial charge on any atom is -0.463 e. The van der Waals surface area contributed by atoms with Gasteiger partial charge in [0.2, 0.25) is 0 Å². The van der Waals surface area contributed by atoms with Gasteiger partial charge in [0.05, 0.1) is 19.2 Å². The molecule has 0 aromatic rings. The number of carbonyl (C=O) groups is 1. The van der Waals surface area contributed by atoms with Crippen LogP contribution < -0.4 is 0 Å². The molecule has 1 unspecified atom stereocenters. The highest BCUT2D eigenvalue weighted by atomic mass is 31.2. The maximum absolute atomic E-state index is 10.8. The maximum Gasteiger partial charge on any atom is 0.326 e. The maximum atomic E-state index is 10.8. The number of rotatable bonds is 5. The Morgan fingerprint density at radius 2 is 2.23 bits per heavy atom. The van der Waals surface area contributed by atoms with Gasteiger partial charge in [-0.15, -0.1) is 0 Å². The fourth-order valence-electron chi connectivity index (χ4n) is 0.659. The first-order chi connectivity index (χ1) is 5.97. The molecule has 1 aliphatic heterocycles. The first kappa shape index (κ1) is 10.7. The monoisotopic (exact) mass is 210 g/mol. The summed E-state index contributed by atoms with van der Waals surface area (Å²) in [6.07, 6.45) is -0.729. The number of ether oxygens (including phenoxy) is 2. The third-order valence-electron chi connectivity index (χ3n) is 1.44. The summed E-state index contributed by atoms with van der Waals surface area (Å²) in [5.74, 6) is -0.598.